The lowest BCUT2D eigenvalue weighted by atomic mass is 10.2. The molecule has 23 heavy (non-hydrogen) atoms. The molecule has 1 atom stereocenters. The van der Waals surface area contributed by atoms with E-state index in [4.69, 9.17) is 0 Å². The van der Waals surface area contributed by atoms with Crippen molar-refractivity contribution in [2.24, 2.45) is 0 Å². The van der Waals surface area contributed by atoms with E-state index in [1.165, 1.54) is 12.8 Å². The molecule has 0 amide bonds. The minimum atomic E-state index is -1.06. The first-order chi connectivity index (χ1) is 11.1. The molecule has 0 aromatic heterocycles. The second kappa shape index (κ2) is 17.0. The van der Waals surface area contributed by atoms with Gasteiger partial charge in [0.2, 0.25) is 0 Å². The summed E-state index contributed by atoms with van der Waals surface area (Å²) in [6.07, 6.45) is 2.50. The monoisotopic (exact) mass is 334 g/mol. The molecule has 0 fully saturated rings. The average Bonchev–Trinajstić information content (AvgIpc) is 2.58. The van der Waals surface area contributed by atoms with Crippen LogP contribution in [0, 0.1) is 6.92 Å². The Kier molecular flexibility index (Phi) is 17.6. The summed E-state index contributed by atoms with van der Waals surface area (Å²) in [5, 5.41) is 0. The van der Waals surface area contributed by atoms with Gasteiger partial charge in [-0.3, -0.25) is 0 Å². The van der Waals surface area contributed by atoms with Crippen molar-refractivity contribution in [2.45, 2.75) is 71.1 Å². The summed E-state index contributed by atoms with van der Waals surface area (Å²) in [6.45, 7) is 14.5. The van der Waals surface area contributed by atoms with Crippen LogP contribution in [0.15, 0.2) is 64.4 Å². The molecule has 0 bridgehead atoms. The van der Waals surface area contributed by atoms with Crippen LogP contribution in [0.4, 0.5) is 0 Å². The third kappa shape index (κ3) is 11.8. The van der Waals surface area contributed by atoms with E-state index in [9.17, 15) is 4.21 Å². The summed E-state index contributed by atoms with van der Waals surface area (Å²) >= 11 is 0. The van der Waals surface area contributed by atoms with Gasteiger partial charge in [-0.1, -0.05) is 84.7 Å². The Labute approximate surface area is 146 Å². The van der Waals surface area contributed by atoms with E-state index < -0.39 is 10.8 Å². The number of benzene rings is 2. The van der Waals surface area contributed by atoms with Crippen LogP contribution in [0.5, 0.6) is 0 Å². The van der Waals surface area contributed by atoms with Gasteiger partial charge in [0.05, 0.1) is 10.8 Å². The Hall–Kier alpha value is -1.41. The number of aryl methyl sites for hydroxylation is 1. The molecule has 0 aliphatic heterocycles. The molecule has 2 heteroatoms. The van der Waals surface area contributed by atoms with Crippen molar-refractivity contribution in [3.05, 3.63) is 60.2 Å². The Morgan fingerprint density at radius 3 is 1.61 bits per heavy atom. The Morgan fingerprint density at radius 2 is 1.17 bits per heavy atom. The van der Waals surface area contributed by atoms with Crippen molar-refractivity contribution in [2.75, 3.05) is 0 Å². The fourth-order valence-corrected chi connectivity index (χ4v) is 2.58. The molecule has 1 nitrogen and oxygen atoms in total. The maximum Gasteiger partial charge on any atom is 0.0849 e. The van der Waals surface area contributed by atoms with Crippen LogP contribution < -0.4 is 0 Å². The van der Waals surface area contributed by atoms with Gasteiger partial charge < -0.3 is 0 Å². The van der Waals surface area contributed by atoms with E-state index in [0.717, 1.165) is 15.4 Å². The Bertz CT molecular complexity index is 504. The summed E-state index contributed by atoms with van der Waals surface area (Å²) in [6, 6.07) is 17.3. The van der Waals surface area contributed by atoms with E-state index in [0.29, 0.717) is 0 Å². The molecule has 1 unspecified atom stereocenters. The van der Waals surface area contributed by atoms with Crippen molar-refractivity contribution in [1.82, 2.24) is 0 Å². The fraction of sp³-hybridized carbons (Fsp3) is 0.429. The zero-order valence-corrected chi connectivity index (χ0v) is 16.7. The quantitative estimate of drug-likeness (QED) is 0.576. The van der Waals surface area contributed by atoms with Crippen LogP contribution in [0.3, 0.4) is 0 Å². The normalized spacial score (nSPS) is 9.87. The average molecular weight is 335 g/mol. The second-order valence-corrected chi connectivity index (χ2v) is 6.29. The van der Waals surface area contributed by atoms with Crippen LogP contribution in [-0.4, -0.2) is 4.21 Å². The highest BCUT2D eigenvalue weighted by atomic mass is 32.2. The lowest BCUT2D eigenvalue weighted by molar-refractivity contribution is 0.683. The first-order valence-corrected chi connectivity index (χ1v) is 9.79. The first-order valence-electron chi connectivity index (χ1n) is 8.64. The number of hydrogen-bond acceptors (Lipinski definition) is 1. The topological polar surface area (TPSA) is 17.1 Å². The summed E-state index contributed by atoms with van der Waals surface area (Å²) in [4.78, 5) is 1.71. The lowest BCUT2D eigenvalue weighted by Crippen LogP contribution is -1.92. The van der Waals surface area contributed by atoms with E-state index in [1.54, 1.807) is 0 Å². The fourth-order valence-electron chi connectivity index (χ4n) is 1.41. The minimum absolute atomic E-state index is 0.850. The van der Waals surface area contributed by atoms with Crippen LogP contribution in [-0.2, 0) is 10.8 Å². The third-order valence-corrected chi connectivity index (χ3v) is 3.54. The largest absolute Gasteiger partial charge is 0.249 e. The molecule has 130 valence electrons. The van der Waals surface area contributed by atoms with Crippen molar-refractivity contribution < 1.29 is 4.21 Å². The summed E-state index contributed by atoms with van der Waals surface area (Å²) in [5.74, 6) is 0. The van der Waals surface area contributed by atoms with E-state index in [2.05, 4.69) is 27.7 Å². The maximum atomic E-state index is 12.1. The molecule has 0 saturated carbocycles. The van der Waals surface area contributed by atoms with Gasteiger partial charge in [-0.05, 0) is 36.8 Å². The highest BCUT2D eigenvalue weighted by molar-refractivity contribution is 7.85. The van der Waals surface area contributed by atoms with Crippen molar-refractivity contribution in [3.8, 4) is 0 Å². The SMILES string of the molecule is CC.CCC.CCC.Cc1cccc(S(=O)c2ccccc2)c1. The zero-order chi connectivity index (χ0) is 18.1. The van der Waals surface area contributed by atoms with Gasteiger partial charge in [0.1, 0.15) is 0 Å². The molecular formula is C21H34OS. The number of rotatable bonds is 2. The van der Waals surface area contributed by atoms with Gasteiger partial charge in [0.25, 0.3) is 0 Å². The molecule has 0 saturated heterocycles. The number of hydrogen-bond donors (Lipinski definition) is 0. The van der Waals surface area contributed by atoms with E-state index in [-0.39, 0.29) is 0 Å². The van der Waals surface area contributed by atoms with Crippen molar-refractivity contribution >= 4 is 10.8 Å². The molecule has 0 heterocycles. The summed E-state index contributed by atoms with van der Waals surface area (Å²) in [7, 11) is -1.06. The standard InChI is InChI=1S/C13H12OS.2C3H8.C2H6/c1-11-6-5-9-13(10-11)15(14)12-7-3-2-4-8-12;2*1-3-2;1-2/h2-10H,1H3;2*3H2,1-2H3;1-2H3. The van der Waals surface area contributed by atoms with Crippen LogP contribution in [0.25, 0.3) is 0 Å². The lowest BCUT2D eigenvalue weighted by Gasteiger charge is -2.02. The third-order valence-electron chi connectivity index (χ3n) is 2.16. The first kappa shape index (κ1) is 23.9. The van der Waals surface area contributed by atoms with Gasteiger partial charge in [0, 0.05) is 9.79 Å². The summed E-state index contributed by atoms with van der Waals surface area (Å²) in [5.41, 5.74) is 1.14. The highest BCUT2D eigenvalue weighted by Crippen LogP contribution is 2.16. The molecule has 0 N–H and O–H groups in total. The van der Waals surface area contributed by atoms with Crippen LogP contribution in [0.2, 0.25) is 0 Å². The molecule has 0 radical (unpaired) electrons. The molecule has 0 aliphatic rings. The van der Waals surface area contributed by atoms with Gasteiger partial charge >= 0.3 is 0 Å². The van der Waals surface area contributed by atoms with Crippen molar-refractivity contribution in [1.29, 1.82) is 0 Å². The Balaban J connectivity index is 0. The predicted octanol–water partition coefficient (Wildman–Crippen LogP) is 7.02. The molecule has 2 aromatic rings. The highest BCUT2D eigenvalue weighted by Gasteiger charge is 2.05. The molecule has 2 rings (SSSR count). The predicted molar refractivity (Wildman–Crippen MR) is 106 cm³/mol. The van der Waals surface area contributed by atoms with Gasteiger partial charge in [-0.15, -0.1) is 0 Å². The summed E-state index contributed by atoms with van der Waals surface area (Å²) < 4.78 is 12.1. The van der Waals surface area contributed by atoms with Crippen molar-refractivity contribution in [3.63, 3.8) is 0 Å². The van der Waals surface area contributed by atoms with E-state index in [1.807, 2.05) is 75.4 Å². The second-order valence-electron chi connectivity index (χ2n) is 4.81. The zero-order valence-electron chi connectivity index (χ0n) is 15.9. The van der Waals surface area contributed by atoms with Crippen LogP contribution >= 0.6 is 0 Å². The van der Waals surface area contributed by atoms with E-state index >= 15 is 0 Å². The molecule has 2 aromatic carbocycles. The van der Waals surface area contributed by atoms with Gasteiger partial charge in [-0.25, -0.2) is 4.21 Å². The Morgan fingerprint density at radius 1 is 0.739 bits per heavy atom. The minimum Gasteiger partial charge on any atom is -0.249 e. The van der Waals surface area contributed by atoms with Gasteiger partial charge in [0.15, 0.2) is 0 Å². The molecule has 0 aliphatic carbocycles. The molecular weight excluding hydrogens is 300 g/mol. The molecule has 0 spiro atoms. The van der Waals surface area contributed by atoms with Crippen LogP contribution in [0.1, 0.15) is 59.9 Å². The van der Waals surface area contributed by atoms with Gasteiger partial charge in [-0.2, -0.15) is 0 Å². The maximum absolute atomic E-state index is 12.1. The smallest absolute Gasteiger partial charge is 0.0849 e.